The summed E-state index contributed by atoms with van der Waals surface area (Å²) in [4.78, 5) is 22.6. The zero-order valence-corrected chi connectivity index (χ0v) is 26.4. The number of para-hydroxylation sites is 1. The lowest BCUT2D eigenvalue weighted by Crippen LogP contribution is -2.51. The van der Waals surface area contributed by atoms with Crippen molar-refractivity contribution in [1.82, 2.24) is 20.2 Å². The van der Waals surface area contributed by atoms with E-state index in [-0.39, 0.29) is 58.0 Å². The van der Waals surface area contributed by atoms with Crippen LogP contribution in [0.25, 0.3) is 11.0 Å². The molecule has 0 radical (unpaired) electrons. The summed E-state index contributed by atoms with van der Waals surface area (Å²) in [5, 5.41) is 3.00. The molecule has 0 saturated heterocycles. The molecule has 2 N–H and O–H groups in total. The van der Waals surface area contributed by atoms with E-state index in [2.05, 4.69) is 47.9 Å². The molecule has 236 valence electrons. The molecule has 1 saturated carbocycles. The first-order chi connectivity index (χ1) is 20.1. The first-order valence-corrected chi connectivity index (χ1v) is 16.7. The summed E-state index contributed by atoms with van der Waals surface area (Å²) in [6, 6.07) is 10.9. The lowest BCUT2D eigenvalue weighted by atomic mass is 9.81. The Bertz CT molecular complexity index is 1500. The van der Waals surface area contributed by atoms with Crippen LogP contribution < -0.4 is 5.32 Å². The maximum Gasteiger partial charge on any atom is 0.418 e. The molecular weight excluding hydrogens is 577 g/mol. The van der Waals surface area contributed by atoms with Crippen LogP contribution in [0.3, 0.4) is 0 Å². The highest BCUT2D eigenvalue weighted by molar-refractivity contribution is 7.91. The fourth-order valence-electron chi connectivity index (χ4n) is 5.91. The van der Waals surface area contributed by atoms with E-state index in [1.807, 2.05) is 19.2 Å². The lowest BCUT2D eigenvalue weighted by molar-refractivity contribution is -0.136. The molecule has 11 heteroatoms. The number of nitrogens with one attached hydrogen (secondary N) is 2. The maximum atomic E-state index is 13.6. The summed E-state index contributed by atoms with van der Waals surface area (Å²) < 4.78 is 67.5. The highest BCUT2D eigenvalue weighted by Crippen LogP contribution is 2.34. The Morgan fingerprint density at radius 3 is 2.42 bits per heavy atom. The van der Waals surface area contributed by atoms with Crippen molar-refractivity contribution in [3.05, 3.63) is 59.4 Å². The van der Waals surface area contributed by atoms with Gasteiger partial charge in [0.05, 0.1) is 28.1 Å². The zero-order valence-electron chi connectivity index (χ0n) is 25.5. The molecule has 7 nitrogen and oxygen atoms in total. The number of rotatable bonds is 11. The Kier molecular flexibility index (Phi) is 10.3. The van der Waals surface area contributed by atoms with Crippen LogP contribution in [-0.2, 0) is 33.6 Å². The molecule has 43 heavy (non-hydrogen) atoms. The fraction of sp³-hybridized carbons (Fsp3) is 0.562. The number of hydrogen-bond acceptors (Lipinski definition) is 5. The largest absolute Gasteiger partial charge is 0.418 e. The van der Waals surface area contributed by atoms with Crippen LogP contribution in [0.4, 0.5) is 13.2 Å². The second kappa shape index (κ2) is 13.4. The van der Waals surface area contributed by atoms with Crippen molar-refractivity contribution < 1.29 is 26.4 Å². The van der Waals surface area contributed by atoms with E-state index in [4.69, 9.17) is 0 Å². The van der Waals surface area contributed by atoms with E-state index < -0.39 is 27.5 Å². The van der Waals surface area contributed by atoms with Gasteiger partial charge >= 0.3 is 6.18 Å². The van der Waals surface area contributed by atoms with Crippen molar-refractivity contribution in [3.63, 3.8) is 0 Å². The third kappa shape index (κ3) is 8.38. The van der Waals surface area contributed by atoms with E-state index in [1.54, 1.807) is 12.1 Å². The Morgan fingerprint density at radius 1 is 1.09 bits per heavy atom. The molecule has 2 aromatic carbocycles. The van der Waals surface area contributed by atoms with Crippen LogP contribution >= 0.6 is 0 Å². The number of sulfone groups is 1. The number of halogens is 3. The Balaban J connectivity index is 1.50. The molecule has 1 aliphatic carbocycles. The van der Waals surface area contributed by atoms with Crippen LogP contribution in [0.2, 0.25) is 0 Å². The first-order valence-electron chi connectivity index (χ1n) is 15.0. The van der Waals surface area contributed by atoms with Gasteiger partial charge < -0.3 is 15.2 Å². The smallest absolute Gasteiger partial charge is 0.353 e. The Morgan fingerprint density at radius 2 is 1.79 bits per heavy atom. The van der Waals surface area contributed by atoms with Gasteiger partial charge in [-0.1, -0.05) is 32.0 Å². The molecule has 1 aromatic heterocycles. The summed E-state index contributed by atoms with van der Waals surface area (Å²) >= 11 is 0. The summed E-state index contributed by atoms with van der Waals surface area (Å²) in [5.74, 6) is -0.167. The highest BCUT2D eigenvalue weighted by atomic mass is 32.2. The number of carbonyl (C=O) groups is 1. The number of imidazole rings is 1. The summed E-state index contributed by atoms with van der Waals surface area (Å²) in [7, 11) is -1.60. The van der Waals surface area contributed by atoms with Crippen LogP contribution in [0.5, 0.6) is 0 Å². The standard InChI is InChI=1S/C32H43F3N4O3S/c1-20(2)9-10-22-11-14-25(15-12-22)43(41,42)19-23-17-24(39(5)21(3)4)13-16-27(23)37-30(40)18-29-36-28-8-6-7-26(31(28)38-29)32(33,34)35/h6-8,11-12,14-15,20-21,23-24,27H,9-10,13,16-19H2,1-5H3,(H,36,38)(H,37,40)/t23-,24+,27-/m0/s1. The maximum absolute atomic E-state index is 13.6. The fourth-order valence-corrected chi connectivity index (χ4v) is 7.58. The van der Waals surface area contributed by atoms with Crippen molar-refractivity contribution in [2.45, 2.75) is 95.4 Å². The van der Waals surface area contributed by atoms with E-state index >= 15 is 0 Å². The monoisotopic (exact) mass is 620 g/mol. The minimum atomic E-state index is -4.57. The number of nitrogens with zero attached hydrogens (tertiary/aromatic N) is 2. The van der Waals surface area contributed by atoms with Gasteiger partial charge in [0.25, 0.3) is 0 Å². The van der Waals surface area contributed by atoms with Gasteiger partial charge in [0.1, 0.15) is 11.3 Å². The predicted molar refractivity (Wildman–Crippen MR) is 162 cm³/mol. The summed E-state index contributed by atoms with van der Waals surface area (Å²) in [5.41, 5.74) is 0.212. The third-order valence-electron chi connectivity index (χ3n) is 8.61. The number of aryl methyl sites for hydroxylation is 1. The van der Waals surface area contributed by atoms with Crippen LogP contribution in [0, 0.1) is 11.8 Å². The zero-order chi connectivity index (χ0) is 31.5. The van der Waals surface area contributed by atoms with Gasteiger partial charge in [-0.2, -0.15) is 13.2 Å². The Hall–Kier alpha value is -2.92. The number of amides is 1. The lowest BCUT2D eigenvalue weighted by Gasteiger charge is -2.41. The van der Waals surface area contributed by atoms with Crippen molar-refractivity contribution in [2.24, 2.45) is 11.8 Å². The van der Waals surface area contributed by atoms with E-state index in [1.165, 1.54) is 12.1 Å². The normalized spacial score (nSPS) is 19.9. The van der Waals surface area contributed by atoms with E-state index in [9.17, 15) is 26.4 Å². The van der Waals surface area contributed by atoms with Crippen molar-refractivity contribution >= 4 is 26.8 Å². The number of fused-ring (bicyclic) bond motifs is 1. The summed E-state index contributed by atoms with van der Waals surface area (Å²) in [6.07, 6.45) is -0.901. The second-order valence-corrected chi connectivity index (χ2v) is 14.6. The molecule has 1 fully saturated rings. The average Bonchev–Trinajstić information content (AvgIpc) is 3.34. The SMILES string of the molecule is CC(C)CCc1ccc(S(=O)(=O)C[C@@H]2C[C@H](N(C)C(C)C)CC[C@@H]2NC(=O)Cc2nc3c(C(F)(F)F)cccc3[nH]2)cc1. The van der Waals surface area contributed by atoms with Gasteiger partial charge in [-0.05, 0) is 94.7 Å². The molecule has 1 aliphatic rings. The number of benzene rings is 2. The quantitative estimate of drug-likeness (QED) is 0.267. The number of carbonyl (C=O) groups excluding carboxylic acids is 1. The van der Waals surface area contributed by atoms with Gasteiger partial charge in [-0.3, -0.25) is 4.79 Å². The number of H-pyrrole nitrogens is 1. The topological polar surface area (TPSA) is 95.2 Å². The van der Waals surface area contributed by atoms with Crippen LogP contribution in [0.1, 0.15) is 70.3 Å². The highest BCUT2D eigenvalue weighted by Gasteiger charge is 2.37. The van der Waals surface area contributed by atoms with Gasteiger partial charge in [-0.25, -0.2) is 13.4 Å². The van der Waals surface area contributed by atoms with Crippen molar-refractivity contribution in [2.75, 3.05) is 12.8 Å². The van der Waals surface area contributed by atoms with Crippen LogP contribution in [-0.4, -0.2) is 60.1 Å². The van der Waals surface area contributed by atoms with Crippen molar-refractivity contribution in [3.8, 4) is 0 Å². The van der Waals surface area contributed by atoms with E-state index in [0.29, 0.717) is 18.8 Å². The minimum Gasteiger partial charge on any atom is -0.353 e. The molecule has 0 aliphatic heterocycles. The van der Waals surface area contributed by atoms with Crippen LogP contribution in [0.15, 0.2) is 47.4 Å². The molecule has 3 atom stereocenters. The molecule has 0 bridgehead atoms. The number of aromatic amines is 1. The van der Waals surface area contributed by atoms with Gasteiger partial charge in [-0.15, -0.1) is 0 Å². The molecule has 3 aromatic rings. The van der Waals surface area contributed by atoms with Crippen molar-refractivity contribution in [1.29, 1.82) is 0 Å². The number of alkyl halides is 3. The van der Waals surface area contributed by atoms with Gasteiger partial charge in [0, 0.05) is 18.1 Å². The molecule has 4 rings (SSSR count). The third-order valence-corrected chi connectivity index (χ3v) is 10.5. The number of aromatic nitrogens is 2. The van der Waals surface area contributed by atoms with E-state index in [0.717, 1.165) is 30.9 Å². The first kappa shape index (κ1) is 33.0. The predicted octanol–water partition coefficient (Wildman–Crippen LogP) is 6.18. The minimum absolute atomic E-state index is 0.106. The van der Waals surface area contributed by atoms with Gasteiger partial charge in [0.15, 0.2) is 9.84 Å². The van der Waals surface area contributed by atoms with Gasteiger partial charge in [0.2, 0.25) is 5.91 Å². The molecule has 0 unspecified atom stereocenters. The molecular formula is C32H43F3N4O3S. The molecule has 0 spiro atoms. The number of hydrogen-bond donors (Lipinski definition) is 2. The second-order valence-electron chi connectivity index (χ2n) is 12.6. The average molecular weight is 621 g/mol. The Labute approximate surface area is 252 Å². The molecule has 1 amide bonds. The molecule has 1 heterocycles. The summed E-state index contributed by atoms with van der Waals surface area (Å²) in [6.45, 7) is 8.50.